The van der Waals surface area contributed by atoms with Crippen molar-refractivity contribution in [3.05, 3.63) is 48.6 Å². The molecule has 0 spiro atoms. The quantitative estimate of drug-likeness (QED) is 0.255. The molecule has 1 fully saturated rings. The maximum atomic E-state index is 6.19. The second-order valence-electron chi connectivity index (χ2n) is 8.51. The highest BCUT2D eigenvalue weighted by Gasteiger charge is 2.28. The molecule has 2 rings (SSSR count). The van der Waals surface area contributed by atoms with Crippen molar-refractivity contribution in [2.24, 2.45) is 0 Å². The number of benzene rings is 1. The van der Waals surface area contributed by atoms with Crippen LogP contribution in [-0.2, 0) is 11.3 Å². The van der Waals surface area contributed by atoms with Gasteiger partial charge in [-0.25, -0.2) is 0 Å². The number of piperidine rings is 1. The summed E-state index contributed by atoms with van der Waals surface area (Å²) in [7, 11) is 0. The second-order valence-corrected chi connectivity index (χ2v) is 8.51. The average molecular weight is 386 g/mol. The Morgan fingerprint density at radius 1 is 0.929 bits per heavy atom. The lowest BCUT2D eigenvalue weighted by molar-refractivity contribution is -0.000402. The molecule has 1 aromatic carbocycles. The molecular formula is C26H43NO. The molecular weight excluding hydrogens is 342 g/mol. The molecule has 0 radical (unpaired) electrons. The first-order valence-corrected chi connectivity index (χ1v) is 11.9. The molecule has 0 bridgehead atoms. The fourth-order valence-electron chi connectivity index (χ4n) is 4.30. The van der Waals surface area contributed by atoms with Crippen LogP contribution in [0.2, 0.25) is 0 Å². The number of nitrogens with one attached hydrogen (secondary N) is 1. The smallest absolute Gasteiger partial charge is 0.0768 e. The van der Waals surface area contributed by atoms with Gasteiger partial charge in [-0.05, 0) is 24.8 Å². The third kappa shape index (κ3) is 9.39. The van der Waals surface area contributed by atoms with Crippen LogP contribution in [0.25, 0.3) is 0 Å². The Morgan fingerprint density at radius 2 is 1.57 bits per heavy atom. The van der Waals surface area contributed by atoms with Crippen molar-refractivity contribution in [1.29, 1.82) is 0 Å². The van der Waals surface area contributed by atoms with E-state index in [1.165, 1.54) is 82.6 Å². The summed E-state index contributed by atoms with van der Waals surface area (Å²) in [5, 5.41) is 3.78. The molecule has 1 N–H and O–H groups in total. The topological polar surface area (TPSA) is 21.3 Å². The van der Waals surface area contributed by atoms with Crippen molar-refractivity contribution in [3.8, 4) is 0 Å². The minimum Gasteiger partial charge on any atom is -0.372 e. The van der Waals surface area contributed by atoms with Crippen LogP contribution in [0.15, 0.2) is 43.0 Å². The largest absolute Gasteiger partial charge is 0.372 e. The van der Waals surface area contributed by atoms with Crippen LogP contribution in [0.3, 0.4) is 0 Å². The Morgan fingerprint density at radius 3 is 2.21 bits per heavy atom. The molecule has 1 saturated heterocycles. The van der Waals surface area contributed by atoms with Crippen LogP contribution in [0, 0.1) is 0 Å². The summed E-state index contributed by atoms with van der Waals surface area (Å²) in [5.41, 5.74) is 1.25. The highest BCUT2D eigenvalue weighted by Crippen LogP contribution is 2.22. The first-order chi connectivity index (χ1) is 13.8. The number of unbranched alkanes of at least 4 members (excludes halogenated alkanes) is 9. The highest BCUT2D eigenvalue weighted by molar-refractivity contribution is 5.13. The Kier molecular flexibility index (Phi) is 12.3. The molecule has 2 heteroatoms. The first-order valence-electron chi connectivity index (χ1n) is 11.9. The molecule has 28 heavy (non-hydrogen) atoms. The van der Waals surface area contributed by atoms with Gasteiger partial charge in [-0.2, -0.15) is 0 Å². The van der Waals surface area contributed by atoms with E-state index in [1.807, 2.05) is 6.08 Å². The number of hydrogen-bond donors (Lipinski definition) is 1. The first kappa shape index (κ1) is 23.2. The minimum atomic E-state index is 0.252. The SMILES string of the molecule is C=C[C@@H]1N[C@@H](CCCCCCCCCCCC)CC[C@H]1OCc1ccccc1. The Hall–Kier alpha value is -1.12. The van der Waals surface area contributed by atoms with E-state index in [9.17, 15) is 0 Å². The van der Waals surface area contributed by atoms with Crippen molar-refractivity contribution in [3.63, 3.8) is 0 Å². The van der Waals surface area contributed by atoms with E-state index in [-0.39, 0.29) is 12.1 Å². The van der Waals surface area contributed by atoms with E-state index in [1.54, 1.807) is 0 Å². The standard InChI is InChI=1S/C26H43NO/c1-3-5-6-7-8-9-10-11-12-16-19-24-20-21-26(25(4-2)27-24)28-22-23-17-14-13-15-18-23/h4,13-15,17-18,24-27H,2-3,5-12,16,19-22H2,1H3/t24-,25-,26+/m0/s1. The van der Waals surface area contributed by atoms with E-state index in [2.05, 4.69) is 49.2 Å². The number of hydrogen-bond acceptors (Lipinski definition) is 2. The summed E-state index contributed by atoms with van der Waals surface area (Å²) in [5.74, 6) is 0. The molecule has 1 aliphatic rings. The van der Waals surface area contributed by atoms with Crippen molar-refractivity contribution in [2.45, 2.75) is 115 Å². The summed E-state index contributed by atoms with van der Waals surface area (Å²) in [4.78, 5) is 0. The van der Waals surface area contributed by atoms with Crippen molar-refractivity contribution >= 4 is 0 Å². The molecule has 0 aliphatic carbocycles. The highest BCUT2D eigenvalue weighted by atomic mass is 16.5. The minimum absolute atomic E-state index is 0.252. The summed E-state index contributed by atoms with van der Waals surface area (Å²) in [6.07, 6.45) is 20.0. The van der Waals surface area contributed by atoms with Crippen molar-refractivity contribution in [1.82, 2.24) is 5.32 Å². The van der Waals surface area contributed by atoms with Crippen LogP contribution in [-0.4, -0.2) is 18.2 Å². The average Bonchev–Trinajstić information content (AvgIpc) is 2.74. The van der Waals surface area contributed by atoms with Gasteiger partial charge in [-0.15, -0.1) is 6.58 Å². The third-order valence-corrected chi connectivity index (χ3v) is 6.10. The van der Waals surface area contributed by atoms with Gasteiger partial charge in [0.2, 0.25) is 0 Å². The normalized spacial score (nSPS) is 22.2. The van der Waals surface area contributed by atoms with Gasteiger partial charge in [0.05, 0.1) is 18.8 Å². The zero-order valence-electron chi connectivity index (χ0n) is 18.2. The predicted molar refractivity (Wildman–Crippen MR) is 122 cm³/mol. The lowest BCUT2D eigenvalue weighted by Crippen LogP contribution is -2.50. The van der Waals surface area contributed by atoms with Gasteiger partial charge in [0.25, 0.3) is 0 Å². The lowest BCUT2D eigenvalue weighted by atomic mass is 9.92. The zero-order valence-corrected chi connectivity index (χ0v) is 18.2. The third-order valence-electron chi connectivity index (χ3n) is 6.10. The fourth-order valence-corrected chi connectivity index (χ4v) is 4.30. The summed E-state index contributed by atoms with van der Waals surface area (Å²) in [6.45, 7) is 7.02. The molecule has 0 aromatic heterocycles. The molecule has 0 saturated carbocycles. The molecule has 1 aromatic rings. The van der Waals surface area contributed by atoms with Crippen LogP contribution in [0.1, 0.15) is 96.0 Å². The molecule has 0 unspecified atom stereocenters. The Bertz CT molecular complexity index is 500. The summed E-state index contributed by atoms with van der Waals surface area (Å²) < 4.78 is 6.19. The second kappa shape index (κ2) is 14.8. The van der Waals surface area contributed by atoms with Gasteiger partial charge in [0, 0.05) is 6.04 Å². The molecule has 158 valence electrons. The van der Waals surface area contributed by atoms with Gasteiger partial charge in [-0.1, -0.05) is 108 Å². The monoisotopic (exact) mass is 385 g/mol. The molecule has 0 amide bonds. The molecule has 2 nitrogen and oxygen atoms in total. The van der Waals surface area contributed by atoms with Gasteiger partial charge in [-0.3, -0.25) is 0 Å². The molecule has 1 aliphatic heterocycles. The van der Waals surface area contributed by atoms with E-state index < -0.39 is 0 Å². The lowest BCUT2D eigenvalue weighted by Gasteiger charge is -2.36. The van der Waals surface area contributed by atoms with Crippen LogP contribution in [0.4, 0.5) is 0 Å². The van der Waals surface area contributed by atoms with E-state index in [0.717, 1.165) is 6.42 Å². The zero-order chi connectivity index (χ0) is 19.9. The van der Waals surface area contributed by atoms with E-state index in [0.29, 0.717) is 12.6 Å². The van der Waals surface area contributed by atoms with E-state index in [4.69, 9.17) is 4.74 Å². The maximum absolute atomic E-state index is 6.19. The fraction of sp³-hybridized carbons (Fsp3) is 0.692. The molecule has 3 atom stereocenters. The Balaban J connectivity index is 1.52. The number of ether oxygens (including phenoxy) is 1. The van der Waals surface area contributed by atoms with Crippen LogP contribution < -0.4 is 5.32 Å². The van der Waals surface area contributed by atoms with Crippen LogP contribution >= 0.6 is 0 Å². The maximum Gasteiger partial charge on any atom is 0.0768 e. The van der Waals surface area contributed by atoms with Gasteiger partial charge >= 0.3 is 0 Å². The Labute approximate surface area is 174 Å². The number of rotatable bonds is 15. The summed E-state index contributed by atoms with van der Waals surface area (Å²) >= 11 is 0. The van der Waals surface area contributed by atoms with Crippen molar-refractivity contribution < 1.29 is 4.74 Å². The van der Waals surface area contributed by atoms with Gasteiger partial charge in [0.15, 0.2) is 0 Å². The predicted octanol–water partition coefficient (Wildman–Crippen LogP) is 7.19. The van der Waals surface area contributed by atoms with Gasteiger partial charge in [0.1, 0.15) is 0 Å². The molecule has 1 heterocycles. The van der Waals surface area contributed by atoms with Gasteiger partial charge < -0.3 is 10.1 Å². The summed E-state index contributed by atoms with van der Waals surface area (Å²) in [6, 6.07) is 11.4. The van der Waals surface area contributed by atoms with Crippen molar-refractivity contribution in [2.75, 3.05) is 0 Å². The van der Waals surface area contributed by atoms with Crippen LogP contribution in [0.5, 0.6) is 0 Å². The van der Waals surface area contributed by atoms with E-state index >= 15 is 0 Å².